The van der Waals surface area contributed by atoms with Crippen molar-refractivity contribution in [2.75, 3.05) is 26.3 Å². The fraction of sp³-hybridized carbons (Fsp3) is 0.640. The van der Waals surface area contributed by atoms with Gasteiger partial charge in [-0.15, -0.1) is 0 Å². The van der Waals surface area contributed by atoms with Gasteiger partial charge in [-0.1, -0.05) is 13.8 Å². The van der Waals surface area contributed by atoms with Gasteiger partial charge in [-0.25, -0.2) is 13.6 Å². The van der Waals surface area contributed by atoms with E-state index in [4.69, 9.17) is 14.2 Å². The summed E-state index contributed by atoms with van der Waals surface area (Å²) in [6, 6.07) is -1.34. The van der Waals surface area contributed by atoms with Crippen LogP contribution in [0.15, 0.2) is 6.07 Å². The topological polar surface area (TPSA) is 114 Å². The van der Waals surface area contributed by atoms with E-state index in [9.17, 15) is 37.1 Å². The molecule has 2 rings (SSSR count). The minimum Gasteiger partial charge on any atom is -0.485 e. The number of hydrogen-bond donors (Lipinski definition) is 2. The molecule has 1 unspecified atom stereocenters. The summed E-state index contributed by atoms with van der Waals surface area (Å²) in [6.07, 6.45) is -2.28. The van der Waals surface area contributed by atoms with Gasteiger partial charge >= 0.3 is 12.1 Å². The summed E-state index contributed by atoms with van der Waals surface area (Å²) in [4.78, 5) is 39.0. The molecule has 38 heavy (non-hydrogen) atoms. The van der Waals surface area contributed by atoms with Gasteiger partial charge in [0.15, 0.2) is 17.4 Å². The van der Waals surface area contributed by atoms with E-state index in [2.05, 4.69) is 5.32 Å². The van der Waals surface area contributed by atoms with Crippen molar-refractivity contribution in [3.05, 3.63) is 29.3 Å². The van der Waals surface area contributed by atoms with E-state index in [1.54, 1.807) is 27.7 Å². The van der Waals surface area contributed by atoms with E-state index in [0.717, 1.165) is 0 Å². The standard InChI is InChI=1S/C25H34F4N2O7/c1-13(2)11-36-20(33)9-18(19(32)12-37-23-21(28)16(26)8-17(27)22(23)29)30-24(34)15-6-5-7-31(10-15)25(35)38-14(3)4/h8,13-15,18-19,32H,5-7,9-12H2,1-4H3,(H,30,34)/t15-,18+,19?/m1/s1. The molecule has 2 amide bonds. The maximum atomic E-state index is 13.9. The lowest BCUT2D eigenvalue weighted by atomic mass is 9.96. The zero-order valence-corrected chi connectivity index (χ0v) is 21.8. The largest absolute Gasteiger partial charge is 0.485 e. The predicted octanol–water partition coefficient (Wildman–Crippen LogP) is 3.31. The lowest BCUT2D eigenvalue weighted by Crippen LogP contribution is -2.52. The molecule has 1 aromatic rings. The van der Waals surface area contributed by atoms with Crippen molar-refractivity contribution >= 4 is 18.0 Å². The van der Waals surface area contributed by atoms with Gasteiger partial charge in [0.05, 0.1) is 31.1 Å². The average molecular weight is 551 g/mol. The second kappa shape index (κ2) is 14.2. The van der Waals surface area contributed by atoms with Gasteiger partial charge in [-0.3, -0.25) is 9.59 Å². The number of ether oxygens (including phenoxy) is 3. The Balaban J connectivity index is 2.13. The zero-order valence-electron chi connectivity index (χ0n) is 21.8. The van der Waals surface area contributed by atoms with Crippen molar-refractivity contribution in [1.82, 2.24) is 10.2 Å². The third-order valence-corrected chi connectivity index (χ3v) is 5.61. The van der Waals surface area contributed by atoms with Crippen LogP contribution in [0.5, 0.6) is 5.75 Å². The van der Waals surface area contributed by atoms with Crippen LogP contribution in [0.4, 0.5) is 22.4 Å². The summed E-state index contributed by atoms with van der Waals surface area (Å²) < 4.78 is 69.9. The minimum atomic E-state index is -1.80. The number of amides is 2. The second-order valence-electron chi connectivity index (χ2n) is 9.79. The molecule has 214 valence electrons. The van der Waals surface area contributed by atoms with Crippen LogP contribution in [-0.2, 0) is 19.1 Å². The quantitative estimate of drug-likeness (QED) is 0.247. The van der Waals surface area contributed by atoms with Crippen molar-refractivity contribution < 1.29 is 51.3 Å². The van der Waals surface area contributed by atoms with E-state index >= 15 is 0 Å². The average Bonchev–Trinajstić information content (AvgIpc) is 2.85. The van der Waals surface area contributed by atoms with Gasteiger partial charge < -0.3 is 29.5 Å². The van der Waals surface area contributed by atoms with Crippen LogP contribution in [0, 0.1) is 35.1 Å². The summed E-state index contributed by atoms with van der Waals surface area (Å²) in [5.41, 5.74) is 0. The Morgan fingerprint density at radius 3 is 2.29 bits per heavy atom. The number of rotatable bonds is 11. The summed E-state index contributed by atoms with van der Waals surface area (Å²) in [5, 5.41) is 13.1. The number of nitrogens with one attached hydrogen (secondary N) is 1. The monoisotopic (exact) mass is 550 g/mol. The van der Waals surface area contributed by atoms with Crippen LogP contribution in [0.25, 0.3) is 0 Å². The van der Waals surface area contributed by atoms with Crippen LogP contribution in [0.3, 0.4) is 0 Å². The summed E-state index contributed by atoms with van der Waals surface area (Å²) in [7, 11) is 0. The van der Waals surface area contributed by atoms with Gasteiger partial charge in [0, 0.05) is 19.2 Å². The number of hydrogen-bond acceptors (Lipinski definition) is 7. The molecule has 0 bridgehead atoms. The van der Waals surface area contributed by atoms with Crippen LogP contribution in [0.2, 0.25) is 0 Å². The SMILES string of the molecule is CC(C)COC(=O)C[C@H](NC(=O)[C@@H]1CCCN(C(=O)OC(C)C)C1)C(O)COc1c(F)c(F)cc(F)c1F. The predicted molar refractivity (Wildman–Crippen MR) is 126 cm³/mol. The number of carbonyl (C=O) groups is 3. The lowest BCUT2D eigenvalue weighted by molar-refractivity contribution is -0.146. The highest BCUT2D eigenvalue weighted by atomic mass is 19.2. The zero-order chi connectivity index (χ0) is 28.6. The summed E-state index contributed by atoms with van der Waals surface area (Å²) in [6.45, 7) is 6.55. The van der Waals surface area contributed by atoms with Crippen molar-refractivity contribution in [3.8, 4) is 5.75 Å². The third kappa shape index (κ3) is 9.03. The van der Waals surface area contributed by atoms with E-state index in [0.29, 0.717) is 19.4 Å². The Hall–Kier alpha value is -3.09. The van der Waals surface area contributed by atoms with Crippen LogP contribution >= 0.6 is 0 Å². The van der Waals surface area contributed by atoms with Gasteiger partial charge in [0.2, 0.25) is 17.5 Å². The molecule has 1 heterocycles. The molecule has 1 fully saturated rings. The number of aliphatic hydroxyl groups excluding tert-OH is 1. The lowest BCUT2D eigenvalue weighted by Gasteiger charge is -2.33. The number of halogens is 4. The maximum absolute atomic E-state index is 13.9. The highest BCUT2D eigenvalue weighted by Gasteiger charge is 2.33. The molecule has 0 radical (unpaired) electrons. The molecule has 9 nitrogen and oxygen atoms in total. The molecular weight excluding hydrogens is 516 g/mol. The molecule has 2 N–H and O–H groups in total. The Morgan fingerprint density at radius 2 is 1.71 bits per heavy atom. The van der Waals surface area contributed by atoms with Gasteiger partial charge in [0.25, 0.3) is 0 Å². The highest BCUT2D eigenvalue weighted by Crippen LogP contribution is 2.27. The number of esters is 1. The Bertz CT molecular complexity index is 967. The maximum Gasteiger partial charge on any atom is 0.410 e. The van der Waals surface area contributed by atoms with Crippen LogP contribution in [0.1, 0.15) is 47.0 Å². The first-order chi connectivity index (χ1) is 17.8. The van der Waals surface area contributed by atoms with Gasteiger partial charge in [-0.05, 0) is 32.6 Å². The van der Waals surface area contributed by atoms with Gasteiger partial charge in [-0.2, -0.15) is 8.78 Å². The van der Waals surface area contributed by atoms with E-state index in [-0.39, 0.29) is 31.2 Å². The molecule has 1 aliphatic heterocycles. The van der Waals surface area contributed by atoms with Crippen LogP contribution in [-0.4, -0.2) is 72.5 Å². The normalized spacial score (nSPS) is 17.2. The summed E-state index contributed by atoms with van der Waals surface area (Å²) in [5.74, 6) is -10.5. The minimum absolute atomic E-state index is 0.00607. The molecule has 3 atom stereocenters. The Morgan fingerprint density at radius 1 is 1.08 bits per heavy atom. The second-order valence-corrected chi connectivity index (χ2v) is 9.79. The summed E-state index contributed by atoms with van der Waals surface area (Å²) >= 11 is 0. The first-order valence-corrected chi connectivity index (χ1v) is 12.4. The smallest absolute Gasteiger partial charge is 0.410 e. The van der Waals surface area contributed by atoms with Crippen LogP contribution < -0.4 is 10.1 Å². The first kappa shape index (κ1) is 31.1. The van der Waals surface area contributed by atoms with E-state index in [1.165, 1.54) is 4.90 Å². The van der Waals surface area contributed by atoms with Crippen molar-refractivity contribution in [2.24, 2.45) is 11.8 Å². The first-order valence-electron chi connectivity index (χ1n) is 12.4. The van der Waals surface area contributed by atoms with Crippen molar-refractivity contribution in [1.29, 1.82) is 0 Å². The molecule has 13 heteroatoms. The fourth-order valence-electron chi connectivity index (χ4n) is 3.68. The number of aliphatic hydroxyl groups is 1. The Labute approximate surface area is 218 Å². The number of piperidine rings is 1. The van der Waals surface area contributed by atoms with Crippen molar-refractivity contribution in [3.63, 3.8) is 0 Å². The number of nitrogens with zero attached hydrogens (tertiary/aromatic N) is 1. The molecule has 1 aliphatic rings. The van der Waals surface area contributed by atoms with E-state index in [1.807, 2.05) is 0 Å². The molecule has 0 aromatic heterocycles. The molecule has 1 saturated heterocycles. The van der Waals surface area contributed by atoms with Gasteiger partial charge in [0.1, 0.15) is 12.7 Å². The van der Waals surface area contributed by atoms with E-state index < -0.39 is 78.1 Å². The van der Waals surface area contributed by atoms with Crippen molar-refractivity contribution in [2.45, 2.75) is 65.2 Å². The third-order valence-electron chi connectivity index (χ3n) is 5.61. The molecule has 0 saturated carbocycles. The fourth-order valence-corrected chi connectivity index (χ4v) is 3.68. The molecule has 0 aliphatic carbocycles. The molecule has 1 aromatic carbocycles. The molecule has 0 spiro atoms. The number of benzene rings is 1. The molecular formula is C25H34F4N2O7. The highest BCUT2D eigenvalue weighted by molar-refractivity contribution is 5.81. The number of carbonyl (C=O) groups excluding carboxylic acids is 3. The Kier molecular flexibility index (Phi) is 11.6. The number of likely N-dealkylation sites (tertiary alicyclic amines) is 1.